The van der Waals surface area contributed by atoms with Gasteiger partial charge in [-0.05, 0) is 54.7 Å². The number of aryl methyl sites for hydroxylation is 2. The molecule has 0 aliphatic heterocycles. The molecule has 1 N–H and O–H groups in total. The molecule has 0 saturated heterocycles. The summed E-state index contributed by atoms with van der Waals surface area (Å²) in [4.78, 5) is 8.43. The van der Waals surface area contributed by atoms with E-state index in [-0.39, 0.29) is 5.75 Å². The number of benzene rings is 1. The minimum absolute atomic E-state index is 0.0929. The lowest BCUT2D eigenvalue weighted by atomic mass is 9.93. The second-order valence-corrected chi connectivity index (χ2v) is 10.8. The van der Waals surface area contributed by atoms with E-state index in [0.29, 0.717) is 17.9 Å². The van der Waals surface area contributed by atoms with Crippen LogP contribution in [0, 0.1) is 6.92 Å². The monoisotopic (exact) mass is 477 g/mol. The number of ether oxygens (including phenoxy) is 1. The Morgan fingerprint density at radius 1 is 1.26 bits per heavy atom. The molecule has 176 valence electrons. The van der Waals surface area contributed by atoms with Gasteiger partial charge in [-0.1, -0.05) is 24.3 Å². The molecule has 8 nitrogen and oxygen atoms in total. The van der Waals surface area contributed by atoms with Gasteiger partial charge >= 0.3 is 0 Å². The van der Waals surface area contributed by atoms with Gasteiger partial charge in [0.1, 0.15) is 11.4 Å². The first kappa shape index (κ1) is 22.3. The molecule has 4 aromatic rings. The highest BCUT2D eigenvalue weighted by Crippen LogP contribution is 2.40. The van der Waals surface area contributed by atoms with Gasteiger partial charge in [0.25, 0.3) is 0 Å². The van der Waals surface area contributed by atoms with Crippen LogP contribution in [0.4, 0.5) is 0 Å². The summed E-state index contributed by atoms with van der Waals surface area (Å²) < 4.78 is 33.0. The molecule has 3 heterocycles. The predicted molar refractivity (Wildman–Crippen MR) is 133 cm³/mol. The zero-order chi connectivity index (χ0) is 23.7. The molecule has 0 bridgehead atoms. The molecule has 3 aromatic heterocycles. The number of pyridine rings is 1. The van der Waals surface area contributed by atoms with Crippen LogP contribution in [0.5, 0.6) is 5.75 Å². The van der Waals surface area contributed by atoms with Crippen LogP contribution in [0.15, 0.2) is 53.8 Å². The van der Waals surface area contributed by atoms with Crippen molar-refractivity contribution < 1.29 is 13.2 Å². The zero-order valence-electron chi connectivity index (χ0n) is 19.3. The standard InChI is InChI=1S/C25H27N5O3S/c1-3-34(31,32)19-7-4-6-18(15-19)20-8-9-22(33-13-5-11-30-12-10-27-29-30)24-23(20)21-14-17(2)16-26-25(21)28-24/h7-10,12,14-16H,3-6,11,13H2,1-2H3,(H,26,28). The summed E-state index contributed by atoms with van der Waals surface area (Å²) in [6.07, 6.45) is 11.3. The van der Waals surface area contributed by atoms with E-state index in [0.717, 1.165) is 63.8 Å². The largest absolute Gasteiger partial charge is 0.491 e. The molecule has 0 radical (unpaired) electrons. The molecule has 0 saturated carbocycles. The maximum absolute atomic E-state index is 12.5. The van der Waals surface area contributed by atoms with Crippen LogP contribution in [-0.2, 0) is 16.4 Å². The van der Waals surface area contributed by atoms with Crippen LogP contribution in [0.2, 0.25) is 0 Å². The van der Waals surface area contributed by atoms with Gasteiger partial charge in [0, 0.05) is 36.1 Å². The Labute approximate surface area is 198 Å². The molecule has 1 aliphatic carbocycles. The van der Waals surface area contributed by atoms with Crippen molar-refractivity contribution >= 4 is 37.3 Å². The quantitative estimate of drug-likeness (QED) is 0.373. The van der Waals surface area contributed by atoms with Crippen molar-refractivity contribution in [2.24, 2.45) is 0 Å². The second kappa shape index (κ2) is 9.06. The fraction of sp³-hybridized carbons (Fsp3) is 0.320. The summed E-state index contributed by atoms with van der Waals surface area (Å²) >= 11 is 0. The predicted octanol–water partition coefficient (Wildman–Crippen LogP) is 4.58. The Hall–Kier alpha value is -3.46. The molecule has 0 fully saturated rings. The lowest BCUT2D eigenvalue weighted by Gasteiger charge is -2.16. The summed E-state index contributed by atoms with van der Waals surface area (Å²) in [6.45, 7) is 4.95. The zero-order valence-corrected chi connectivity index (χ0v) is 20.1. The number of aromatic amines is 1. The Bertz CT molecular complexity index is 1520. The summed E-state index contributed by atoms with van der Waals surface area (Å²) in [5.41, 5.74) is 4.75. The summed E-state index contributed by atoms with van der Waals surface area (Å²) in [6, 6.07) is 6.11. The first-order valence-electron chi connectivity index (χ1n) is 11.5. The van der Waals surface area contributed by atoms with Crippen LogP contribution < -0.4 is 4.74 Å². The summed E-state index contributed by atoms with van der Waals surface area (Å²) in [7, 11) is -3.26. The maximum Gasteiger partial charge on any atom is 0.177 e. The highest BCUT2D eigenvalue weighted by Gasteiger charge is 2.21. The third kappa shape index (κ3) is 4.23. The molecule has 0 unspecified atom stereocenters. The fourth-order valence-corrected chi connectivity index (χ4v) is 5.41. The molecule has 5 rings (SSSR count). The Morgan fingerprint density at radius 3 is 2.94 bits per heavy atom. The number of fused-ring (bicyclic) bond motifs is 3. The van der Waals surface area contributed by atoms with Crippen molar-refractivity contribution in [2.75, 3.05) is 12.4 Å². The van der Waals surface area contributed by atoms with Crippen LogP contribution >= 0.6 is 0 Å². The van der Waals surface area contributed by atoms with Crippen molar-refractivity contribution in [3.8, 4) is 5.75 Å². The molecular weight excluding hydrogens is 450 g/mol. The smallest absolute Gasteiger partial charge is 0.177 e. The Kier molecular flexibility index (Phi) is 5.95. The van der Waals surface area contributed by atoms with Gasteiger partial charge in [0.15, 0.2) is 9.84 Å². The van der Waals surface area contributed by atoms with E-state index in [9.17, 15) is 8.42 Å². The van der Waals surface area contributed by atoms with Crippen molar-refractivity contribution in [3.63, 3.8) is 0 Å². The molecule has 0 spiro atoms. The van der Waals surface area contributed by atoms with Gasteiger partial charge in [0.05, 0.1) is 29.0 Å². The van der Waals surface area contributed by atoms with Crippen molar-refractivity contribution in [3.05, 3.63) is 65.0 Å². The van der Waals surface area contributed by atoms with E-state index in [4.69, 9.17) is 4.74 Å². The average Bonchev–Trinajstić information content (AvgIpc) is 3.50. The number of nitrogens with zero attached hydrogens (tertiary/aromatic N) is 4. The first-order chi connectivity index (χ1) is 16.5. The molecule has 0 atom stereocenters. The molecule has 1 aliphatic rings. The van der Waals surface area contributed by atoms with E-state index in [1.165, 1.54) is 0 Å². The second-order valence-electron chi connectivity index (χ2n) is 8.48. The SMILES string of the molecule is CCS(=O)(=O)C1=CCCC(c2ccc(OCCCn3ccnn3)c3[nH]c4ncc(C)cc4c23)=C1. The van der Waals surface area contributed by atoms with E-state index < -0.39 is 9.84 Å². The molecule has 0 amide bonds. The lowest BCUT2D eigenvalue weighted by molar-refractivity contribution is 0.300. The minimum Gasteiger partial charge on any atom is -0.491 e. The number of allylic oxidation sites excluding steroid dienone is 3. The first-order valence-corrected chi connectivity index (χ1v) is 13.1. The third-order valence-corrected chi connectivity index (χ3v) is 7.89. The van der Waals surface area contributed by atoms with Crippen LogP contribution in [0.3, 0.4) is 0 Å². The third-order valence-electron chi connectivity index (χ3n) is 6.13. The number of hydrogen-bond donors (Lipinski definition) is 1. The minimum atomic E-state index is -3.26. The van der Waals surface area contributed by atoms with E-state index in [1.54, 1.807) is 17.8 Å². The number of nitrogens with one attached hydrogen (secondary N) is 1. The van der Waals surface area contributed by atoms with Gasteiger partial charge in [0.2, 0.25) is 0 Å². The van der Waals surface area contributed by atoms with Gasteiger partial charge in [-0.25, -0.2) is 13.4 Å². The molecule has 9 heteroatoms. The van der Waals surface area contributed by atoms with E-state index in [1.807, 2.05) is 43.6 Å². The van der Waals surface area contributed by atoms with Gasteiger partial charge in [-0.3, -0.25) is 4.68 Å². The topological polar surface area (TPSA) is 103 Å². The van der Waals surface area contributed by atoms with Gasteiger partial charge in [-0.15, -0.1) is 5.10 Å². The molecule has 34 heavy (non-hydrogen) atoms. The van der Waals surface area contributed by atoms with Crippen molar-refractivity contribution in [2.45, 2.75) is 39.7 Å². The Morgan fingerprint density at radius 2 is 2.15 bits per heavy atom. The highest BCUT2D eigenvalue weighted by molar-refractivity contribution is 7.95. The lowest BCUT2D eigenvalue weighted by Crippen LogP contribution is -2.08. The number of rotatable bonds is 8. The summed E-state index contributed by atoms with van der Waals surface area (Å²) in [5, 5.41) is 9.83. The average molecular weight is 478 g/mol. The van der Waals surface area contributed by atoms with Gasteiger partial charge in [-0.2, -0.15) is 0 Å². The van der Waals surface area contributed by atoms with E-state index >= 15 is 0 Å². The van der Waals surface area contributed by atoms with Crippen LogP contribution in [-0.4, -0.2) is 45.7 Å². The number of aromatic nitrogens is 5. The molecular formula is C25H27N5O3S. The van der Waals surface area contributed by atoms with Crippen LogP contribution in [0.1, 0.15) is 37.3 Å². The van der Waals surface area contributed by atoms with Crippen molar-refractivity contribution in [1.29, 1.82) is 0 Å². The fourth-order valence-electron chi connectivity index (χ4n) is 4.38. The van der Waals surface area contributed by atoms with Crippen LogP contribution in [0.25, 0.3) is 27.5 Å². The highest BCUT2D eigenvalue weighted by atomic mass is 32.2. The van der Waals surface area contributed by atoms with Crippen molar-refractivity contribution in [1.82, 2.24) is 25.0 Å². The normalized spacial score (nSPS) is 14.4. The number of sulfone groups is 1. The summed E-state index contributed by atoms with van der Waals surface area (Å²) in [5.74, 6) is 0.844. The van der Waals surface area contributed by atoms with Gasteiger partial charge < -0.3 is 9.72 Å². The Balaban J connectivity index is 1.55. The van der Waals surface area contributed by atoms with E-state index in [2.05, 4.69) is 26.3 Å². The molecule has 1 aromatic carbocycles. The number of H-pyrrole nitrogens is 1. The number of hydrogen-bond acceptors (Lipinski definition) is 6. The maximum atomic E-state index is 12.5.